The zero-order chi connectivity index (χ0) is 11.7. The van der Waals surface area contributed by atoms with Crippen molar-refractivity contribution < 1.29 is 0 Å². The molecule has 0 saturated carbocycles. The number of fused-ring (bicyclic) bond motifs is 1. The van der Waals surface area contributed by atoms with Crippen LogP contribution >= 0.6 is 0 Å². The van der Waals surface area contributed by atoms with Gasteiger partial charge in [-0.05, 0) is 30.7 Å². The van der Waals surface area contributed by atoms with E-state index in [9.17, 15) is 0 Å². The molecular weight excluding hydrogens is 208 g/mol. The molecule has 84 valence electrons. The van der Waals surface area contributed by atoms with Gasteiger partial charge in [-0.1, -0.05) is 30.3 Å². The fraction of sp³-hybridized carbons (Fsp3) is 0.133. The number of hydrogen-bond donors (Lipinski definition) is 0. The molecule has 0 saturated heterocycles. The number of aryl methyl sites for hydroxylation is 1. The van der Waals surface area contributed by atoms with Crippen LogP contribution in [-0.2, 0) is 6.54 Å². The number of rotatable bonds is 2. The summed E-state index contributed by atoms with van der Waals surface area (Å²) in [5, 5.41) is 1.20. The van der Waals surface area contributed by atoms with Crippen molar-refractivity contribution in [3.8, 4) is 0 Å². The molecule has 0 N–H and O–H groups in total. The number of benzene rings is 1. The van der Waals surface area contributed by atoms with Gasteiger partial charge in [0, 0.05) is 23.8 Å². The molecule has 2 heterocycles. The van der Waals surface area contributed by atoms with Crippen molar-refractivity contribution in [2.45, 2.75) is 13.5 Å². The fourth-order valence-corrected chi connectivity index (χ4v) is 2.06. The molecule has 0 aliphatic carbocycles. The van der Waals surface area contributed by atoms with E-state index in [-0.39, 0.29) is 0 Å². The molecular formula is C15H14N2. The zero-order valence-corrected chi connectivity index (χ0v) is 9.80. The summed E-state index contributed by atoms with van der Waals surface area (Å²) < 4.78 is 2.19. The van der Waals surface area contributed by atoms with Gasteiger partial charge in [0.1, 0.15) is 5.65 Å². The summed E-state index contributed by atoms with van der Waals surface area (Å²) in [6, 6.07) is 16.8. The number of pyridine rings is 1. The van der Waals surface area contributed by atoms with Gasteiger partial charge in [0.05, 0.1) is 0 Å². The van der Waals surface area contributed by atoms with E-state index >= 15 is 0 Å². The monoisotopic (exact) mass is 222 g/mol. The van der Waals surface area contributed by atoms with Gasteiger partial charge in [-0.15, -0.1) is 0 Å². The van der Waals surface area contributed by atoms with Crippen molar-refractivity contribution in [1.82, 2.24) is 9.55 Å². The highest BCUT2D eigenvalue weighted by atomic mass is 15.0. The van der Waals surface area contributed by atoms with Crippen LogP contribution in [0.15, 0.2) is 54.7 Å². The zero-order valence-electron chi connectivity index (χ0n) is 9.80. The molecule has 2 heteroatoms. The van der Waals surface area contributed by atoms with Crippen LogP contribution in [0.4, 0.5) is 0 Å². The Bertz CT molecular complexity index is 638. The van der Waals surface area contributed by atoms with E-state index in [2.05, 4.69) is 58.2 Å². The predicted molar refractivity (Wildman–Crippen MR) is 70.0 cm³/mol. The second-order valence-electron chi connectivity index (χ2n) is 4.29. The molecule has 17 heavy (non-hydrogen) atoms. The maximum atomic E-state index is 4.59. The topological polar surface area (TPSA) is 17.8 Å². The smallest absolute Gasteiger partial charge is 0.140 e. The van der Waals surface area contributed by atoms with Gasteiger partial charge >= 0.3 is 0 Å². The van der Waals surface area contributed by atoms with Crippen LogP contribution in [-0.4, -0.2) is 9.55 Å². The molecule has 3 rings (SSSR count). The second kappa shape index (κ2) is 4.06. The molecule has 0 fully saturated rings. The Morgan fingerprint density at radius 2 is 1.82 bits per heavy atom. The summed E-state index contributed by atoms with van der Waals surface area (Å²) in [6.45, 7) is 2.90. The van der Waals surface area contributed by atoms with E-state index in [4.69, 9.17) is 0 Å². The molecule has 0 unspecified atom stereocenters. The van der Waals surface area contributed by atoms with Crippen molar-refractivity contribution in [3.63, 3.8) is 0 Å². The van der Waals surface area contributed by atoms with Crippen molar-refractivity contribution in [2.24, 2.45) is 0 Å². The van der Waals surface area contributed by atoms with Crippen LogP contribution in [0.3, 0.4) is 0 Å². The normalized spacial score (nSPS) is 10.9. The van der Waals surface area contributed by atoms with E-state index in [0.29, 0.717) is 0 Å². The Morgan fingerprint density at radius 1 is 1.00 bits per heavy atom. The van der Waals surface area contributed by atoms with Crippen molar-refractivity contribution in [1.29, 1.82) is 0 Å². The van der Waals surface area contributed by atoms with Crippen molar-refractivity contribution in [2.75, 3.05) is 0 Å². The lowest BCUT2D eigenvalue weighted by atomic mass is 10.2. The van der Waals surface area contributed by atoms with Crippen LogP contribution < -0.4 is 0 Å². The third-order valence-corrected chi connectivity index (χ3v) is 2.95. The molecule has 1 aromatic carbocycles. The van der Waals surface area contributed by atoms with Gasteiger partial charge < -0.3 is 4.57 Å². The second-order valence-corrected chi connectivity index (χ2v) is 4.29. The first kappa shape index (κ1) is 10.1. The van der Waals surface area contributed by atoms with E-state index in [1.54, 1.807) is 0 Å². The largest absolute Gasteiger partial charge is 0.328 e. The maximum absolute atomic E-state index is 4.59. The van der Waals surface area contributed by atoms with Crippen LogP contribution in [0.5, 0.6) is 0 Å². The molecule has 0 bridgehead atoms. The third-order valence-electron chi connectivity index (χ3n) is 2.95. The van der Waals surface area contributed by atoms with Gasteiger partial charge in [0.25, 0.3) is 0 Å². The first-order chi connectivity index (χ1) is 8.33. The summed E-state index contributed by atoms with van der Waals surface area (Å²) in [4.78, 5) is 4.59. The van der Waals surface area contributed by atoms with Gasteiger partial charge in [-0.3, -0.25) is 0 Å². The standard InChI is InChI=1S/C15H14N2/c1-12-7-8-14-9-10-17(15(14)16-12)11-13-5-3-2-4-6-13/h2-10H,11H2,1H3. The van der Waals surface area contributed by atoms with Crippen LogP contribution in [0.25, 0.3) is 11.0 Å². The first-order valence-electron chi connectivity index (χ1n) is 5.79. The van der Waals surface area contributed by atoms with E-state index in [1.165, 1.54) is 10.9 Å². The summed E-state index contributed by atoms with van der Waals surface area (Å²) >= 11 is 0. The lowest BCUT2D eigenvalue weighted by molar-refractivity contribution is 0.823. The fourth-order valence-electron chi connectivity index (χ4n) is 2.06. The van der Waals surface area contributed by atoms with Gasteiger partial charge in [-0.25, -0.2) is 4.98 Å². The van der Waals surface area contributed by atoms with E-state index in [1.807, 2.05) is 13.0 Å². The molecule has 0 aliphatic heterocycles. The number of nitrogens with zero attached hydrogens (tertiary/aromatic N) is 2. The Labute approximate surface area is 101 Å². The van der Waals surface area contributed by atoms with E-state index in [0.717, 1.165) is 17.9 Å². The lowest BCUT2D eigenvalue weighted by Crippen LogP contribution is -1.99. The Kier molecular flexibility index (Phi) is 2.41. The SMILES string of the molecule is Cc1ccc2ccn(Cc3ccccc3)c2n1. The minimum absolute atomic E-state index is 0.876. The molecule has 2 aromatic heterocycles. The van der Waals surface area contributed by atoms with Gasteiger partial charge in [0.2, 0.25) is 0 Å². The summed E-state index contributed by atoms with van der Waals surface area (Å²) in [7, 11) is 0. The highest BCUT2D eigenvalue weighted by molar-refractivity contribution is 5.76. The van der Waals surface area contributed by atoms with Gasteiger partial charge in [-0.2, -0.15) is 0 Å². The number of aromatic nitrogens is 2. The molecule has 0 spiro atoms. The highest BCUT2D eigenvalue weighted by Crippen LogP contribution is 2.15. The summed E-state index contributed by atoms with van der Waals surface area (Å²) in [5.41, 5.74) is 3.42. The van der Waals surface area contributed by atoms with E-state index < -0.39 is 0 Å². The number of hydrogen-bond acceptors (Lipinski definition) is 1. The average molecular weight is 222 g/mol. The van der Waals surface area contributed by atoms with Crippen LogP contribution in [0.1, 0.15) is 11.3 Å². The van der Waals surface area contributed by atoms with Gasteiger partial charge in [0.15, 0.2) is 0 Å². The van der Waals surface area contributed by atoms with Crippen LogP contribution in [0, 0.1) is 6.92 Å². The maximum Gasteiger partial charge on any atom is 0.140 e. The summed E-state index contributed by atoms with van der Waals surface area (Å²) in [5.74, 6) is 0. The highest BCUT2D eigenvalue weighted by Gasteiger charge is 2.02. The Morgan fingerprint density at radius 3 is 2.65 bits per heavy atom. The Balaban J connectivity index is 2.03. The van der Waals surface area contributed by atoms with Crippen molar-refractivity contribution >= 4 is 11.0 Å². The molecule has 2 nitrogen and oxygen atoms in total. The third kappa shape index (κ3) is 1.94. The molecule has 3 aromatic rings. The minimum Gasteiger partial charge on any atom is -0.328 e. The molecule has 0 radical (unpaired) electrons. The van der Waals surface area contributed by atoms with Crippen molar-refractivity contribution in [3.05, 3.63) is 66.0 Å². The quantitative estimate of drug-likeness (QED) is 0.650. The molecule has 0 amide bonds. The Hall–Kier alpha value is -2.09. The predicted octanol–water partition coefficient (Wildman–Crippen LogP) is 3.39. The van der Waals surface area contributed by atoms with Crippen LogP contribution in [0.2, 0.25) is 0 Å². The lowest BCUT2D eigenvalue weighted by Gasteiger charge is -2.05. The average Bonchev–Trinajstić information content (AvgIpc) is 2.73. The summed E-state index contributed by atoms with van der Waals surface area (Å²) in [6.07, 6.45) is 2.10. The molecule has 0 aliphatic rings. The molecule has 0 atom stereocenters. The first-order valence-corrected chi connectivity index (χ1v) is 5.79. The minimum atomic E-state index is 0.876.